The Labute approximate surface area is 210 Å². The van der Waals surface area contributed by atoms with Crippen molar-refractivity contribution < 1.29 is 22.4 Å². The second-order valence-electron chi connectivity index (χ2n) is 9.82. The Kier molecular flexibility index (Phi) is 6.16. The van der Waals surface area contributed by atoms with E-state index in [1.165, 1.54) is 41.3 Å². The van der Waals surface area contributed by atoms with E-state index in [4.69, 9.17) is 0 Å². The topological polar surface area (TPSA) is 74.8 Å². The highest BCUT2D eigenvalue weighted by molar-refractivity contribution is 7.91. The number of sulfone groups is 1. The Morgan fingerprint density at radius 1 is 0.944 bits per heavy atom. The van der Waals surface area contributed by atoms with E-state index in [1.54, 1.807) is 35.2 Å². The molecule has 5 rings (SSSR count). The molecule has 2 heterocycles. The van der Waals surface area contributed by atoms with Crippen molar-refractivity contribution in [2.24, 2.45) is 11.8 Å². The molecule has 3 aromatic carbocycles. The standard InChI is InChI=1S/C28H27FN2O4S/c1-18-13-19(2)16-30(15-18)27(32)20-11-12-26-24(14-20)31(17-21-7-3-5-9-23(21)29)28(33)22-8-4-6-10-25(22)36(26,34)35/h3-12,14,18-19H,13,15-17H2,1-2H3/t18-,19-/m0/s1. The summed E-state index contributed by atoms with van der Waals surface area (Å²) in [5.41, 5.74) is 0.617. The molecule has 3 aromatic rings. The number of carbonyl (C=O) groups excluding carboxylic acids is 2. The van der Waals surface area contributed by atoms with Crippen LogP contribution in [0.25, 0.3) is 0 Å². The highest BCUT2D eigenvalue weighted by Gasteiger charge is 2.37. The number of halogens is 1. The van der Waals surface area contributed by atoms with Crippen molar-refractivity contribution in [1.82, 2.24) is 4.90 Å². The molecule has 2 aliphatic rings. The van der Waals surface area contributed by atoms with Gasteiger partial charge < -0.3 is 9.80 Å². The fourth-order valence-corrected chi connectivity index (χ4v) is 6.94. The Bertz CT molecular complexity index is 1460. The first-order valence-corrected chi connectivity index (χ1v) is 13.5. The maximum absolute atomic E-state index is 14.6. The molecule has 0 unspecified atom stereocenters. The van der Waals surface area contributed by atoms with Gasteiger partial charge in [-0.15, -0.1) is 0 Å². The smallest absolute Gasteiger partial charge is 0.259 e. The van der Waals surface area contributed by atoms with Crippen LogP contribution in [0.4, 0.5) is 10.1 Å². The molecule has 0 spiro atoms. The van der Waals surface area contributed by atoms with Gasteiger partial charge >= 0.3 is 0 Å². The molecule has 186 valence electrons. The molecule has 2 atom stereocenters. The van der Waals surface area contributed by atoms with Crippen molar-refractivity contribution in [3.05, 3.63) is 89.2 Å². The van der Waals surface area contributed by atoms with Gasteiger partial charge in [-0.2, -0.15) is 0 Å². The largest absolute Gasteiger partial charge is 0.338 e. The first-order chi connectivity index (χ1) is 17.2. The summed E-state index contributed by atoms with van der Waals surface area (Å²) in [6.45, 7) is 5.25. The van der Waals surface area contributed by atoms with E-state index in [2.05, 4.69) is 13.8 Å². The van der Waals surface area contributed by atoms with Gasteiger partial charge in [0.1, 0.15) is 5.82 Å². The summed E-state index contributed by atoms with van der Waals surface area (Å²) in [4.78, 5) is 30.0. The fraction of sp³-hybridized carbons (Fsp3) is 0.286. The Balaban J connectivity index is 1.66. The molecule has 0 aromatic heterocycles. The number of hydrogen-bond acceptors (Lipinski definition) is 4. The van der Waals surface area contributed by atoms with Gasteiger partial charge in [0.25, 0.3) is 11.8 Å². The fourth-order valence-electron chi connectivity index (χ4n) is 5.30. The van der Waals surface area contributed by atoms with Crippen LogP contribution in [-0.4, -0.2) is 38.2 Å². The van der Waals surface area contributed by atoms with Crippen molar-refractivity contribution in [1.29, 1.82) is 0 Å². The monoisotopic (exact) mass is 506 g/mol. The molecule has 1 saturated heterocycles. The van der Waals surface area contributed by atoms with Gasteiger partial charge in [0, 0.05) is 24.2 Å². The van der Waals surface area contributed by atoms with Crippen molar-refractivity contribution >= 4 is 27.3 Å². The average Bonchev–Trinajstić information content (AvgIpc) is 2.92. The second-order valence-corrected chi connectivity index (χ2v) is 11.7. The Hall–Kier alpha value is -3.52. The lowest BCUT2D eigenvalue weighted by atomic mass is 9.91. The van der Waals surface area contributed by atoms with Crippen LogP contribution in [0.2, 0.25) is 0 Å². The summed E-state index contributed by atoms with van der Waals surface area (Å²) < 4.78 is 41.9. The number of benzene rings is 3. The maximum atomic E-state index is 14.6. The summed E-state index contributed by atoms with van der Waals surface area (Å²) >= 11 is 0. The van der Waals surface area contributed by atoms with Crippen molar-refractivity contribution in [3.8, 4) is 0 Å². The van der Waals surface area contributed by atoms with E-state index in [1.807, 2.05) is 0 Å². The van der Waals surface area contributed by atoms with E-state index in [0.717, 1.165) is 6.42 Å². The van der Waals surface area contributed by atoms with Crippen molar-refractivity contribution in [2.45, 2.75) is 36.6 Å². The van der Waals surface area contributed by atoms with Crippen LogP contribution in [0.3, 0.4) is 0 Å². The molecule has 2 aliphatic heterocycles. The Morgan fingerprint density at radius 2 is 1.61 bits per heavy atom. The molecule has 8 heteroatoms. The molecule has 6 nitrogen and oxygen atoms in total. The van der Waals surface area contributed by atoms with Crippen LogP contribution in [0.1, 0.15) is 46.5 Å². The average molecular weight is 507 g/mol. The lowest BCUT2D eigenvalue weighted by molar-refractivity contribution is 0.0623. The zero-order chi connectivity index (χ0) is 25.6. The first kappa shape index (κ1) is 24.2. The van der Waals surface area contributed by atoms with E-state index in [0.29, 0.717) is 30.5 Å². The maximum Gasteiger partial charge on any atom is 0.259 e. The van der Waals surface area contributed by atoms with Crippen LogP contribution >= 0.6 is 0 Å². The van der Waals surface area contributed by atoms with Crippen molar-refractivity contribution in [2.75, 3.05) is 18.0 Å². The van der Waals surface area contributed by atoms with Crippen LogP contribution in [0, 0.1) is 17.7 Å². The van der Waals surface area contributed by atoms with Gasteiger partial charge in [0.15, 0.2) is 0 Å². The molecule has 0 aliphatic carbocycles. The van der Waals surface area contributed by atoms with Crippen molar-refractivity contribution in [3.63, 3.8) is 0 Å². The molecule has 36 heavy (non-hydrogen) atoms. The molecule has 0 saturated carbocycles. The molecule has 1 fully saturated rings. The summed E-state index contributed by atoms with van der Waals surface area (Å²) in [6.07, 6.45) is 1.04. The van der Waals surface area contributed by atoms with Gasteiger partial charge in [-0.05, 0) is 54.7 Å². The minimum atomic E-state index is -4.07. The van der Waals surface area contributed by atoms with E-state index in [-0.39, 0.29) is 39.1 Å². The minimum Gasteiger partial charge on any atom is -0.338 e. The van der Waals surface area contributed by atoms with Crippen LogP contribution in [0.5, 0.6) is 0 Å². The highest BCUT2D eigenvalue weighted by atomic mass is 32.2. The molecule has 2 amide bonds. The number of nitrogens with zero attached hydrogens (tertiary/aromatic N) is 2. The first-order valence-electron chi connectivity index (χ1n) is 12.0. The summed E-state index contributed by atoms with van der Waals surface area (Å²) in [5.74, 6) is -0.578. The molecule has 0 bridgehead atoms. The zero-order valence-corrected chi connectivity index (χ0v) is 21.0. The van der Waals surface area contributed by atoms with Gasteiger partial charge in [0.05, 0.1) is 27.6 Å². The number of rotatable bonds is 3. The number of likely N-dealkylation sites (tertiary alicyclic amines) is 1. The number of fused-ring (bicyclic) bond motifs is 2. The van der Waals surface area contributed by atoms with E-state index in [9.17, 15) is 22.4 Å². The molecular weight excluding hydrogens is 479 g/mol. The zero-order valence-electron chi connectivity index (χ0n) is 20.1. The van der Waals surface area contributed by atoms with Gasteiger partial charge in [-0.3, -0.25) is 9.59 Å². The van der Waals surface area contributed by atoms with Gasteiger partial charge in [0.2, 0.25) is 9.84 Å². The van der Waals surface area contributed by atoms with Crippen LogP contribution in [-0.2, 0) is 16.4 Å². The third kappa shape index (κ3) is 4.19. The van der Waals surface area contributed by atoms with Crippen LogP contribution in [0.15, 0.2) is 76.5 Å². The van der Waals surface area contributed by atoms with Gasteiger partial charge in [-0.25, -0.2) is 12.8 Å². The van der Waals surface area contributed by atoms with E-state index >= 15 is 0 Å². The molecular formula is C28H27FN2O4S. The number of anilines is 1. The lowest BCUT2D eigenvalue weighted by Crippen LogP contribution is -2.42. The lowest BCUT2D eigenvalue weighted by Gasteiger charge is -2.35. The number of hydrogen-bond donors (Lipinski definition) is 0. The van der Waals surface area contributed by atoms with Crippen LogP contribution < -0.4 is 4.90 Å². The third-order valence-electron chi connectivity index (χ3n) is 6.88. The number of carbonyl (C=O) groups is 2. The minimum absolute atomic E-state index is 0.0107. The summed E-state index contributed by atoms with van der Waals surface area (Å²) in [7, 11) is -4.07. The quantitative estimate of drug-likeness (QED) is 0.505. The second kappa shape index (κ2) is 9.17. The third-order valence-corrected chi connectivity index (χ3v) is 8.74. The molecule has 0 radical (unpaired) electrons. The number of amides is 2. The summed E-state index contributed by atoms with van der Waals surface area (Å²) in [6, 6.07) is 16.4. The predicted octanol–water partition coefficient (Wildman–Crippen LogP) is 4.94. The van der Waals surface area contributed by atoms with E-state index < -0.39 is 21.6 Å². The SMILES string of the molecule is C[C@H]1C[C@H](C)CN(C(=O)c2ccc3c(c2)N(Cc2ccccc2F)C(=O)c2ccccc2S3(=O)=O)C1. The predicted molar refractivity (Wildman–Crippen MR) is 134 cm³/mol. The normalized spacial score (nSPS) is 20.9. The highest BCUT2D eigenvalue weighted by Crippen LogP contribution is 2.38. The summed E-state index contributed by atoms with van der Waals surface area (Å²) in [5, 5.41) is 0. The molecule has 0 N–H and O–H groups in total. The number of piperidine rings is 1. The van der Waals surface area contributed by atoms with Gasteiger partial charge in [-0.1, -0.05) is 44.2 Å². The Morgan fingerprint density at radius 3 is 2.33 bits per heavy atom.